The summed E-state index contributed by atoms with van der Waals surface area (Å²) in [5.41, 5.74) is 2.21. The van der Waals surface area contributed by atoms with Gasteiger partial charge in [0.2, 0.25) is 5.22 Å². The van der Waals surface area contributed by atoms with Crippen LogP contribution in [0.2, 0.25) is 0 Å². The molecule has 0 fully saturated rings. The predicted molar refractivity (Wildman–Crippen MR) is 51.6 cm³/mol. The van der Waals surface area contributed by atoms with E-state index >= 15 is 0 Å². The average molecular weight is 203 g/mol. The molecular formula is C9H8Cl2O. The third kappa shape index (κ3) is 2.43. The number of hydrogen-bond acceptors (Lipinski definition) is 1. The van der Waals surface area contributed by atoms with E-state index < -0.39 is 0 Å². The van der Waals surface area contributed by atoms with Gasteiger partial charge < -0.3 is 4.74 Å². The van der Waals surface area contributed by atoms with Gasteiger partial charge in [0.1, 0.15) is 5.75 Å². The monoisotopic (exact) mass is 202 g/mol. The molecule has 0 unspecified atom stereocenters. The fourth-order valence-electron chi connectivity index (χ4n) is 0.798. The van der Waals surface area contributed by atoms with Crippen LogP contribution in [0.1, 0.15) is 5.56 Å². The van der Waals surface area contributed by atoms with Gasteiger partial charge >= 0.3 is 0 Å². The fraction of sp³-hybridized carbons (Fsp3) is 0.111. The van der Waals surface area contributed by atoms with Crippen molar-refractivity contribution < 1.29 is 4.74 Å². The SMILES string of the molecule is Cc1ccccc1O/C(Cl)=C\Cl. The van der Waals surface area contributed by atoms with Crippen molar-refractivity contribution in [3.8, 4) is 5.75 Å². The first-order chi connectivity index (χ1) is 5.74. The van der Waals surface area contributed by atoms with Crippen molar-refractivity contribution in [1.29, 1.82) is 0 Å². The molecule has 64 valence electrons. The molecule has 0 aliphatic heterocycles. The molecule has 0 aliphatic carbocycles. The molecule has 0 bridgehead atoms. The molecule has 0 radical (unpaired) electrons. The van der Waals surface area contributed by atoms with Gasteiger partial charge in [-0.15, -0.1) is 0 Å². The Morgan fingerprint density at radius 2 is 2.08 bits per heavy atom. The van der Waals surface area contributed by atoms with E-state index in [1.54, 1.807) is 0 Å². The van der Waals surface area contributed by atoms with Crippen molar-refractivity contribution >= 4 is 23.2 Å². The van der Waals surface area contributed by atoms with Gasteiger partial charge in [0, 0.05) is 0 Å². The molecule has 1 rings (SSSR count). The molecule has 0 N–H and O–H groups in total. The lowest BCUT2D eigenvalue weighted by molar-refractivity contribution is 0.460. The van der Waals surface area contributed by atoms with Gasteiger partial charge in [0.25, 0.3) is 0 Å². The summed E-state index contributed by atoms with van der Waals surface area (Å²) in [6.45, 7) is 1.94. The first-order valence-electron chi connectivity index (χ1n) is 3.43. The summed E-state index contributed by atoms with van der Waals surface area (Å²) in [6, 6.07) is 7.58. The highest BCUT2D eigenvalue weighted by atomic mass is 35.5. The average Bonchev–Trinajstić information content (AvgIpc) is 2.09. The number of halogens is 2. The molecule has 1 aromatic rings. The van der Waals surface area contributed by atoms with Gasteiger partial charge in [-0.2, -0.15) is 0 Å². The zero-order valence-corrected chi connectivity index (χ0v) is 8.06. The predicted octanol–water partition coefficient (Wildman–Crippen LogP) is 3.65. The van der Waals surface area contributed by atoms with E-state index in [-0.39, 0.29) is 5.22 Å². The van der Waals surface area contributed by atoms with E-state index in [0.29, 0.717) is 0 Å². The minimum Gasteiger partial charge on any atom is -0.444 e. The zero-order chi connectivity index (χ0) is 8.97. The van der Waals surface area contributed by atoms with Gasteiger partial charge in [-0.25, -0.2) is 0 Å². The van der Waals surface area contributed by atoms with E-state index in [4.69, 9.17) is 27.9 Å². The largest absolute Gasteiger partial charge is 0.444 e. The quantitative estimate of drug-likeness (QED) is 0.666. The van der Waals surface area contributed by atoms with E-state index in [1.807, 2.05) is 31.2 Å². The third-order valence-corrected chi connectivity index (χ3v) is 1.88. The molecule has 1 nitrogen and oxygen atoms in total. The number of para-hydroxylation sites is 1. The van der Waals surface area contributed by atoms with Crippen molar-refractivity contribution in [2.45, 2.75) is 6.92 Å². The highest BCUT2D eigenvalue weighted by Gasteiger charge is 1.98. The summed E-state index contributed by atoms with van der Waals surface area (Å²) in [5.74, 6) is 0.722. The Balaban J connectivity index is 2.82. The second kappa shape index (κ2) is 4.39. The number of hydrogen-bond donors (Lipinski definition) is 0. The molecule has 0 saturated heterocycles. The molecule has 12 heavy (non-hydrogen) atoms. The molecule has 0 amide bonds. The Bertz CT molecular complexity index is 294. The van der Waals surface area contributed by atoms with Crippen LogP contribution in [0.5, 0.6) is 5.75 Å². The van der Waals surface area contributed by atoms with Gasteiger partial charge in [-0.3, -0.25) is 0 Å². The first-order valence-corrected chi connectivity index (χ1v) is 4.25. The lowest BCUT2D eigenvalue weighted by Gasteiger charge is -2.05. The van der Waals surface area contributed by atoms with Crippen LogP contribution in [0.4, 0.5) is 0 Å². The Morgan fingerprint density at radius 1 is 1.42 bits per heavy atom. The van der Waals surface area contributed by atoms with Crippen molar-refractivity contribution in [3.63, 3.8) is 0 Å². The smallest absolute Gasteiger partial charge is 0.205 e. The second-order valence-corrected chi connectivity index (χ2v) is 2.87. The number of ether oxygens (including phenoxy) is 1. The molecule has 0 atom stereocenters. The molecule has 0 spiro atoms. The summed E-state index contributed by atoms with van der Waals surface area (Å²) in [6.07, 6.45) is 0. The summed E-state index contributed by atoms with van der Waals surface area (Å²) in [4.78, 5) is 0. The number of rotatable bonds is 2. The van der Waals surface area contributed by atoms with Gasteiger partial charge in [0.15, 0.2) is 0 Å². The highest BCUT2D eigenvalue weighted by Crippen LogP contribution is 2.20. The third-order valence-electron chi connectivity index (χ3n) is 1.39. The van der Waals surface area contributed by atoms with E-state index in [1.165, 1.54) is 5.54 Å². The Hall–Kier alpha value is -0.660. The zero-order valence-electron chi connectivity index (χ0n) is 6.55. The van der Waals surface area contributed by atoms with Crippen LogP contribution in [-0.4, -0.2) is 0 Å². The standard InChI is InChI=1S/C9H8Cl2O/c1-7-4-2-3-5-8(7)12-9(11)6-10/h2-6H,1H3/b9-6-. The Labute approximate surface area is 81.6 Å². The van der Waals surface area contributed by atoms with Gasteiger partial charge in [0.05, 0.1) is 5.54 Å². The molecule has 0 aliphatic rings. The molecule has 1 aromatic carbocycles. The van der Waals surface area contributed by atoms with Crippen molar-refractivity contribution in [1.82, 2.24) is 0 Å². The van der Waals surface area contributed by atoms with Crippen molar-refractivity contribution in [2.24, 2.45) is 0 Å². The van der Waals surface area contributed by atoms with Gasteiger partial charge in [-0.1, -0.05) is 29.8 Å². The normalized spacial score (nSPS) is 11.4. The lowest BCUT2D eigenvalue weighted by Crippen LogP contribution is -1.89. The lowest BCUT2D eigenvalue weighted by atomic mass is 10.2. The van der Waals surface area contributed by atoms with Crippen LogP contribution >= 0.6 is 23.2 Å². The second-order valence-electron chi connectivity index (χ2n) is 2.28. The summed E-state index contributed by atoms with van der Waals surface area (Å²) in [7, 11) is 0. The molecule has 0 aromatic heterocycles. The van der Waals surface area contributed by atoms with Crippen molar-refractivity contribution in [3.05, 3.63) is 40.6 Å². The highest BCUT2D eigenvalue weighted by molar-refractivity contribution is 6.35. The van der Waals surface area contributed by atoms with Crippen molar-refractivity contribution in [2.75, 3.05) is 0 Å². The van der Waals surface area contributed by atoms with Crippen LogP contribution in [0, 0.1) is 6.92 Å². The molecule has 0 heterocycles. The molecule has 0 saturated carbocycles. The van der Waals surface area contributed by atoms with E-state index in [0.717, 1.165) is 11.3 Å². The minimum atomic E-state index is 0.172. The van der Waals surface area contributed by atoms with Crippen LogP contribution < -0.4 is 4.74 Å². The summed E-state index contributed by atoms with van der Waals surface area (Å²) in [5, 5.41) is 0.172. The maximum absolute atomic E-state index is 5.58. The molecular weight excluding hydrogens is 195 g/mol. The number of aryl methyl sites for hydroxylation is 1. The van der Waals surface area contributed by atoms with E-state index in [2.05, 4.69) is 0 Å². The van der Waals surface area contributed by atoms with Gasteiger partial charge in [-0.05, 0) is 30.2 Å². The first kappa shape index (κ1) is 9.43. The summed E-state index contributed by atoms with van der Waals surface area (Å²) < 4.78 is 5.19. The minimum absolute atomic E-state index is 0.172. The molecule has 3 heteroatoms. The fourth-order valence-corrected chi connectivity index (χ4v) is 0.926. The van der Waals surface area contributed by atoms with E-state index in [9.17, 15) is 0 Å². The number of benzene rings is 1. The maximum Gasteiger partial charge on any atom is 0.205 e. The van der Waals surface area contributed by atoms with Crippen LogP contribution in [0.15, 0.2) is 35.0 Å². The van der Waals surface area contributed by atoms with Crippen LogP contribution in [0.25, 0.3) is 0 Å². The topological polar surface area (TPSA) is 9.23 Å². The van der Waals surface area contributed by atoms with Crippen LogP contribution in [-0.2, 0) is 0 Å². The Kier molecular flexibility index (Phi) is 3.45. The summed E-state index contributed by atoms with van der Waals surface area (Å²) >= 11 is 10.9. The maximum atomic E-state index is 5.58. The van der Waals surface area contributed by atoms with Crippen LogP contribution in [0.3, 0.4) is 0 Å². The Morgan fingerprint density at radius 3 is 2.67 bits per heavy atom.